The summed E-state index contributed by atoms with van der Waals surface area (Å²) in [5.41, 5.74) is 1.53. The van der Waals surface area contributed by atoms with Crippen LogP contribution in [0.5, 0.6) is 0 Å². The van der Waals surface area contributed by atoms with Gasteiger partial charge in [0.1, 0.15) is 17.3 Å². The molecule has 24 heavy (non-hydrogen) atoms. The van der Waals surface area contributed by atoms with Crippen LogP contribution in [0.15, 0.2) is 18.3 Å². The molecule has 2 aromatic rings. The van der Waals surface area contributed by atoms with Gasteiger partial charge in [0.05, 0.1) is 11.7 Å². The smallest absolute Gasteiger partial charge is 0.272 e. The number of amides is 1. The number of rotatable bonds is 4. The van der Waals surface area contributed by atoms with Crippen LogP contribution < -0.4 is 5.32 Å². The third-order valence-corrected chi connectivity index (χ3v) is 4.35. The van der Waals surface area contributed by atoms with Crippen molar-refractivity contribution >= 4 is 11.7 Å². The molecule has 1 fully saturated rings. The number of aromatic nitrogens is 4. The Morgan fingerprint density at radius 1 is 1.38 bits per heavy atom. The fraction of sp³-hybridized carbons (Fsp3) is 0.529. The maximum Gasteiger partial charge on any atom is 0.272 e. The molecule has 1 aliphatic heterocycles. The van der Waals surface area contributed by atoms with Crippen LogP contribution in [-0.4, -0.2) is 44.1 Å². The van der Waals surface area contributed by atoms with Crippen molar-refractivity contribution in [1.82, 2.24) is 24.6 Å². The number of nitrogens with one attached hydrogen (secondary N) is 1. The molecular formula is C17H24N6O. The zero-order valence-electron chi connectivity index (χ0n) is 14.7. The molecule has 0 spiro atoms. The summed E-state index contributed by atoms with van der Waals surface area (Å²) in [6.07, 6.45) is 3.58. The van der Waals surface area contributed by atoms with E-state index in [4.69, 9.17) is 0 Å². The van der Waals surface area contributed by atoms with Crippen molar-refractivity contribution in [3.05, 3.63) is 35.5 Å². The molecule has 2 aromatic heterocycles. The summed E-state index contributed by atoms with van der Waals surface area (Å²) >= 11 is 0. The van der Waals surface area contributed by atoms with Gasteiger partial charge in [-0.2, -0.15) is 5.10 Å². The zero-order chi connectivity index (χ0) is 17.3. The number of nitrogens with zero attached hydrogens (tertiary/aromatic N) is 5. The second-order valence-electron chi connectivity index (χ2n) is 6.39. The monoisotopic (exact) mass is 328 g/mol. The molecular weight excluding hydrogens is 304 g/mol. The number of hydrogen-bond donors (Lipinski definition) is 1. The summed E-state index contributed by atoms with van der Waals surface area (Å²) in [6.45, 7) is 6.67. The summed E-state index contributed by atoms with van der Waals surface area (Å²) in [5, 5.41) is 7.34. The summed E-state index contributed by atoms with van der Waals surface area (Å²) in [7, 11) is 1.84. The highest BCUT2D eigenvalue weighted by molar-refractivity contribution is 5.93. The molecule has 7 nitrogen and oxygen atoms in total. The largest absolute Gasteiger partial charge is 0.373 e. The first-order chi connectivity index (χ1) is 11.5. The quantitative estimate of drug-likeness (QED) is 0.933. The first-order valence-corrected chi connectivity index (χ1v) is 8.39. The Kier molecular flexibility index (Phi) is 4.51. The van der Waals surface area contributed by atoms with Crippen molar-refractivity contribution in [3.8, 4) is 0 Å². The highest BCUT2D eigenvalue weighted by Gasteiger charge is 2.33. The minimum absolute atomic E-state index is 0.0122. The standard InChI is InChI=1S/C17H24N6O/c1-11(2)23-15(7-8-19-23)17(24)22-9-5-6-14(22)13-10-16(18-4)21-12(3)20-13/h7-8,10-11,14H,5-6,9H2,1-4H3,(H,18,20,21). The van der Waals surface area contributed by atoms with Gasteiger partial charge in [0.25, 0.3) is 5.91 Å². The molecule has 7 heteroatoms. The Labute approximate surface area is 142 Å². The van der Waals surface area contributed by atoms with Gasteiger partial charge in [0, 0.05) is 31.9 Å². The van der Waals surface area contributed by atoms with Gasteiger partial charge in [-0.3, -0.25) is 9.48 Å². The van der Waals surface area contributed by atoms with Gasteiger partial charge in [-0.15, -0.1) is 0 Å². The summed E-state index contributed by atoms with van der Waals surface area (Å²) in [5.74, 6) is 1.51. The number of anilines is 1. The average Bonchev–Trinajstić information content (AvgIpc) is 3.22. The summed E-state index contributed by atoms with van der Waals surface area (Å²) < 4.78 is 1.78. The second-order valence-corrected chi connectivity index (χ2v) is 6.39. The molecule has 1 atom stereocenters. The molecule has 1 amide bonds. The Hall–Kier alpha value is -2.44. The van der Waals surface area contributed by atoms with Gasteiger partial charge in [0.15, 0.2) is 0 Å². The van der Waals surface area contributed by atoms with Crippen LogP contribution in [-0.2, 0) is 0 Å². The van der Waals surface area contributed by atoms with Crippen LogP contribution in [0.1, 0.15) is 60.8 Å². The van der Waals surface area contributed by atoms with Gasteiger partial charge < -0.3 is 10.2 Å². The van der Waals surface area contributed by atoms with Gasteiger partial charge in [-0.05, 0) is 39.7 Å². The predicted molar refractivity (Wildman–Crippen MR) is 91.9 cm³/mol. The first kappa shape index (κ1) is 16.4. The maximum absolute atomic E-state index is 13.1. The molecule has 3 heterocycles. The Morgan fingerprint density at radius 2 is 2.17 bits per heavy atom. The van der Waals surface area contributed by atoms with Gasteiger partial charge in [-0.25, -0.2) is 9.97 Å². The van der Waals surface area contributed by atoms with E-state index in [0.29, 0.717) is 11.5 Å². The predicted octanol–water partition coefficient (Wildman–Crippen LogP) is 2.58. The highest BCUT2D eigenvalue weighted by atomic mass is 16.2. The van der Waals surface area contributed by atoms with E-state index < -0.39 is 0 Å². The van der Waals surface area contributed by atoms with Crippen molar-refractivity contribution in [2.75, 3.05) is 18.9 Å². The zero-order valence-corrected chi connectivity index (χ0v) is 14.7. The number of hydrogen-bond acceptors (Lipinski definition) is 5. The van der Waals surface area contributed by atoms with E-state index in [-0.39, 0.29) is 18.0 Å². The normalized spacial score (nSPS) is 17.5. The Bertz CT molecular complexity index is 738. The molecule has 1 unspecified atom stereocenters. The van der Waals surface area contributed by atoms with Crippen LogP contribution in [0.3, 0.4) is 0 Å². The van der Waals surface area contributed by atoms with Gasteiger partial charge in [0.2, 0.25) is 0 Å². The SMILES string of the molecule is CNc1cc(C2CCCN2C(=O)c2ccnn2C(C)C)nc(C)n1. The van der Waals surface area contributed by atoms with Gasteiger partial charge >= 0.3 is 0 Å². The minimum Gasteiger partial charge on any atom is -0.373 e. The van der Waals surface area contributed by atoms with E-state index in [1.165, 1.54) is 0 Å². The first-order valence-electron chi connectivity index (χ1n) is 8.39. The van der Waals surface area contributed by atoms with Crippen LogP contribution in [0, 0.1) is 6.92 Å². The van der Waals surface area contributed by atoms with Crippen LogP contribution >= 0.6 is 0 Å². The van der Waals surface area contributed by atoms with E-state index in [0.717, 1.165) is 30.9 Å². The van der Waals surface area contributed by atoms with E-state index >= 15 is 0 Å². The van der Waals surface area contributed by atoms with Crippen LogP contribution in [0.4, 0.5) is 5.82 Å². The molecule has 0 radical (unpaired) electrons. The van der Waals surface area contributed by atoms with E-state index in [1.54, 1.807) is 16.9 Å². The highest BCUT2D eigenvalue weighted by Crippen LogP contribution is 2.33. The molecule has 0 bridgehead atoms. The lowest BCUT2D eigenvalue weighted by Crippen LogP contribution is -2.33. The van der Waals surface area contributed by atoms with Crippen molar-refractivity contribution < 1.29 is 4.79 Å². The molecule has 0 aliphatic carbocycles. The van der Waals surface area contributed by atoms with E-state index in [9.17, 15) is 4.79 Å². The number of likely N-dealkylation sites (tertiary alicyclic amines) is 1. The molecule has 0 aromatic carbocycles. The molecule has 1 N–H and O–H groups in total. The molecule has 128 valence electrons. The Morgan fingerprint density at radius 3 is 2.88 bits per heavy atom. The van der Waals surface area contributed by atoms with Crippen LogP contribution in [0.2, 0.25) is 0 Å². The fourth-order valence-electron chi connectivity index (χ4n) is 3.25. The number of carbonyl (C=O) groups excluding carboxylic acids is 1. The summed E-state index contributed by atoms with van der Waals surface area (Å²) in [6, 6.07) is 3.87. The van der Waals surface area contributed by atoms with E-state index in [2.05, 4.69) is 20.4 Å². The molecule has 0 saturated carbocycles. The third-order valence-electron chi connectivity index (χ3n) is 4.35. The topological polar surface area (TPSA) is 75.9 Å². The Balaban J connectivity index is 1.92. The lowest BCUT2D eigenvalue weighted by molar-refractivity contribution is 0.0718. The lowest BCUT2D eigenvalue weighted by Gasteiger charge is -2.25. The fourth-order valence-corrected chi connectivity index (χ4v) is 3.25. The minimum atomic E-state index is -0.0122. The molecule has 3 rings (SSSR count). The number of aryl methyl sites for hydroxylation is 1. The van der Waals surface area contributed by atoms with E-state index in [1.807, 2.05) is 38.8 Å². The number of carbonyl (C=O) groups is 1. The molecule has 1 aliphatic rings. The molecule has 1 saturated heterocycles. The summed E-state index contributed by atoms with van der Waals surface area (Å²) in [4.78, 5) is 23.9. The van der Waals surface area contributed by atoms with Crippen molar-refractivity contribution in [2.24, 2.45) is 0 Å². The van der Waals surface area contributed by atoms with Crippen molar-refractivity contribution in [1.29, 1.82) is 0 Å². The van der Waals surface area contributed by atoms with Crippen LogP contribution in [0.25, 0.3) is 0 Å². The van der Waals surface area contributed by atoms with Gasteiger partial charge in [-0.1, -0.05) is 0 Å². The maximum atomic E-state index is 13.1. The van der Waals surface area contributed by atoms with Crippen molar-refractivity contribution in [2.45, 2.75) is 45.7 Å². The second kappa shape index (κ2) is 6.59. The average molecular weight is 328 g/mol. The third kappa shape index (κ3) is 2.98. The van der Waals surface area contributed by atoms with Crippen molar-refractivity contribution in [3.63, 3.8) is 0 Å². The lowest BCUT2D eigenvalue weighted by atomic mass is 10.1.